The van der Waals surface area contributed by atoms with Crippen LogP contribution >= 0.6 is 11.6 Å². The predicted octanol–water partition coefficient (Wildman–Crippen LogP) is 4.91. The maximum Gasteiger partial charge on any atom is 0.336 e. The SMILES string of the molecule is COCCOC(=O)C1=C(C)NC2=C(C(=O)C[C@@H](c3ccc(OC)c(OC)c3)C2)[C@H]1c1cccc(Cl)c1. The van der Waals surface area contributed by atoms with Crippen LogP contribution in [0.2, 0.25) is 5.02 Å². The lowest BCUT2D eigenvalue weighted by atomic mass is 9.71. The van der Waals surface area contributed by atoms with Crippen molar-refractivity contribution in [2.45, 2.75) is 31.6 Å². The fraction of sp³-hybridized carbons (Fsp3) is 0.357. The van der Waals surface area contributed by atoms with Crippen molar-refractivity contribution in [3.05, 3.63) is 81.2 Å². The second-order valence-corrected chi connectivity index (χ2v) is 9.25. The van der Waals surface area contributed by atoms with Gasteiger partial charge in [0.25, 0.3) is 0 Å². The van der Waals surface area contributed by atoms with Gasteiger partial charge in [0.15, 0.2) is 17.3 Å². The monoisotopic (exact) mass is 511 g/mol. The van der Waals surface area contributed by atoms with Crippen molar-refractivity contribution in [2.24, 2.45) is 0 Å². The highest BCUT2D eigenvalue weighted by Gasteiger charge is 2.41. The van der Waals surface area contributed by atoms with E-state index in [0.717, 1.165) is 16.8 Å². The number of methoxy groups -OCH3 is 3. The number of ketones is 1. The first kappa shape index (κ1) is 25.8. The number of carbonyl (C=O) groups is 2. The molecule has 2 aromatic carbocycles. The summed E-state index contributed by atoms with van der Waals surface area (Å²) >= 11 is 6.31. The van der Waals surface area contributed by atoms with Gasteiger partial charge in [-0.2, -0.15) is 0 Å². The van der Waals surface area contributed by atoms with Crippen molar-refractivity contribution < 1.29 is 28.5 Å². The van der Waals surface area contributed by atoms with Gasteiger partial charge in [0.2, 0.25) is 0 Å². The molecule has 1 heterocycles. The van der Waals surface area contributed by atoms with Crippen LogP contribution in [0.1, 0.15) is 42.7 Å². The standard InChI is InChI=1S/C28H30ClNO6/c1-16-25(28(32)36-11-10-33-2)26(18-6-5-7-20(29)12-18)27-21(30-16)13-19(14-22(27)31)17-8-9-23(34-3)24(15-17)35-4/h5-9,12,15,19,26,30H,10-11,13-14H2,1-4H3/t19-,26-/m0/s1. The average Bonchev–Trinajstić information content (AvgIpc) is 2.87. The Hall–Kier alpha value is -3.29. The molecule has 7 nitrogen and oxygen atoms in total. The quantitative estimate of drug-likeness (QED) is 0.398. The minimum Gasteiger partial charge on any atom is -0.493 e. The highest BCUT2D eigenvalue weighted by atomic mass is 35.5. The largest absolute Gasteiger partial charge is 0.493 e. The number of halogens is 1. The third-order valence-electron chi connectivity index (χ3n) is 6.63. The number of esters is 1. The van der Waals surface area contributed by atoms with Gasteiger partial charge in [-0.25, -0.2) is 4.79 Å². The third kappa shape index (κ3) is 5.13. The summed E-state index contributed by atoms with van der Waals surface area (Å²) in [7, 11) is 4.73. The third-order valence-corrected chi connectivity index (χ3v) is 6.86. The van der Waals surface area contributed by atoms with E-state index in [1.165, 1.54) is 0 Å². The van der Waals surface area contributed by atoms with E-state index in [9.17, 15) is 9.59 Å². The van der Waals surface area contributed by atoms with E-state index in [0.29, 0.717) is 46.2 Å². The maximum atomic E-state index is 13.7. The Morgan fingerprint density at radius 3 is 2.47 bits per heavy atom. The minimum absolute atomic E-state index is 0.0248. The van der Waals surface area contributed by atoms with Gasteiger partial charge in [-0.05, 0) is 54.7 Å². The van der Waals surface area contributed by atoms with Crippen molar-refractivity contribution in [1.29, 1.82) is 0 Å². The summed E-state index contributed by atoms with van der Waals surface area (Å²) in [4.78, 5) is 26.9. The van der Waals surface area contributed by atoms with Gasteiger partial charge in [0.05, 0.1) is 26.4 Å². The second kappa shape index (κ2) is 11.2. The summed E-state index contributed by atoms with van der Waals surface area (Å²) in [6, 6.07) is 13.0. The highest BCUT2D eigenvalue weighted by molar-refractivity contribution is 6.30. The van der Waals surface area contributed by atoms with Crippen LogP contribution in [0.25, 0.3) is 0 Å². The molecule has 2 aromatic rings. The van der Waals surface area contributed by atoms with Gasteiger partial charge < -0.3 is 24.3 Å². The number of carbonyl (C=O) groups excluding carboxylic acids is 2. The summed E-state index contributed by atoms with van der Waals surface area (Å²) in [6.07, 6.45) is 0.912. The second-order valence-electron chi connectivity index (χ2n) is 8.82. The Morgan fingerprint density at radius 2 is 1.78 bits per heavy atom. The molecule has 0 aromatic heterocycles. The van der Waals surface area contributed by atoms with Gasteiger partial charge in [-0.1, -0.05) is 29.8 Å². The van der Waals surface area contributed by atoms with Gasteiger partial charge >= 0.3 is 5.97 Å². The molecule has 2 aliphatic rings. The molecule has 0 spiro atoms. The lowest BCUT2D eigenvalue weighted by molar-refractivity contribution is -0.140. The fourth-order valence-electron chi connectivity index (χ4n) is 4.97. The Morgan fingerprint density at radius 1 is 1.00 bits per heavy atom. The molecule has 1 aliphatic heterocycles. The summed E-state index contributed by atoms with van der Waals surface area (Å²) in [5.74, 6) is 0.121. The van der Waals surface area contributed by atoms with Crippen LogP contribution in [-0.4, -0.2) is 46.3 Å². The van der Waals surface area contributed by atoms with E-state index in [-0.39, 0.29) is 24.9 Å². The van der Waals surface area contributed by atoms with Crippen LogP contribution in [0.4, 0.5) is 0 Å². The number of rotatable bonds is 8. The number of allylic oxidation sites excluding steroid dienone is 3. The van der Waals surface area contributed by atoms with Crippen LogP contribution in [0.5, 0.6) is 11.5 Å². The summed E-state index contributed by atoms with van der Waals surface area (Å²) < 4.78 is 21.3. The van der Waals surface area contributed by atoms with Crippen molar-refractivity contribution in [2.75, 3.05) is 34.5 Å². The molecule has 0 saturated carbocycles. The first-order valence-corrected chi connectivity index (χ1v) is 12.1. The molecule has 36 heavy (non-hydrogen) atoms. The van der Waals surface area contributed by atoms with Crippen LogP contribution in [-0.2, 0) is 19.1 Å². The topological polar surface area (TPSA) is 83.1 Å². The number of hydrogen-bond donors (Lipinski definition) is 1. The number of dihydropyridines is 1. The molecule has 1 N–H and O–H groups in total. The molecule has 1 aliphatic carbocycles. The number of ether oxygens (including phenoxy) is 4. The first-order chi connectivity index (χ1) is 17.4. The zero-order valence-electron chi connectivity index (χ0n) is 20.9. The summed E-state index contributed by atoms with van der Waals surface area (Å²) in [5, 5.41) is 3.88. The molecule has 0 radical (unpaired) electrons. The predicted molar refractivity (Wildman–Crippen MR) is 136 cm³/mol. The summed E-state index contributed by atoms with van der Waals surface area (Å²) in [6.45, 7) is 2.24. The number of nitrogens with one attached hydrogen (secondary N) is 1. The van der Waals surface area contributed by atoms with E-state index < -0.39 is 11.9 Å². The Bertz CT molecular complexity index is 1230. The van der Waals surface area contributed by atoms with Crippen molar-refractivity contribution in [3.63, 3.8) is 0 Å². The number of hydrogen-bond acceptors (Lipinski definition) is 7. The molecule has 190 valence electrons. The van der Waals surface area contributed by atoms with E-state index >= 15 is 0 Å². The molecular formula is C28H30ClNO6. The molecule has 0 unspecified atom stereocenters. The zero-order chi connectivity index (χ0) is 25.8. The fourth-order valence-corrected chi connectivity index (χ4v) is 5.17. The zero-order valence-corrected chi connectivity index (χ0v) is 21.6. The van der Waals surface area contributed by atoms with E-state index in [1.54, 1.807) is 33.5 Å². The average molecular weight is 512 g/mol. The van der Waals surface area contributed by atoms with E-state index in [2.05, 4.69) is 5.32 Å². The molecule has 8 heteroatoms. The smallest absolute Gasteiger partial charge is 0.336 e. The van der Waals surface area contributed by atoms with Crippen molar-refractivity contribution in [3.8, 4) is 11.5 Å². The van der Waals surface area contributed by atoms with Gasteiger partial charge in [-0.15, -0.1) is 0 Å². The van der Waals surface area contributed by atoms with Crippen molar-refractivity contribution >= 4 is 23.4 Å². The Balaban J connectivity index is 1.74. The molecule has 0 bridgehead atoms. The van der Waals surface area contributed by atoms with Crippen LogP contribution < -0.4 is 14.8 Å². The molecule has 0 saturated heterocycles. The normalized spacial score (nSPS) is 19.5. The molecular weight excluding hydrogens is 482 g/mol. The van der Waals surface area contributed by atoms with Crippen LogP contribution in [0.15, 0.2) is 65.0 Å². The lowest BCUT2D eigenvalue weighted by Crippen LogP contribution is -2.36. The molecule has 2 atom stereocenters. The van der Waals surface area contributed by atoms with Crippen LogP contribution in [0, 0.1) is 0 Å². The first-order valence-electron chi connectivity index (χ1n) is 11.7. The Labute approximate surface area is 216 Å². The molecule has 0 fully saturated rings. The maximum absolute atomic E-state index is 13.7. The van der Waals surface area contributed by atoms with Gasteiger partial charge in [0.1, 0.15) is 6.61 Å². The Kier molecular flexibility index (Phi) is 8.01. The lowest BCUT2D eigenvalue weighted by Gasteiger charge is -2.36. The number of Topliss-reactive ketones (excluding diaryl/α,β-unsaturated/α-hetero) is 1. The van der Waals surface area contributed by atoms with Gasteiger partial charge in [0, 0.05) is 41.4 Å². The van der Waals surface area contributed by atoms with E-state index in [1.807, 2.05) is 37.3 Å². The number of benzene rings is 2. The molecule has 0 amide bonds. The molecule has 4 rings (SSSR count). The minimum atomic E-state index is -0.575. The van der Waals surface area contributed by atoms with Crippen molar-refractivity contribution in [1.82, 2.24) is 5.32 Å². The summed E-state index contributed by atoms with van der Waals surface area (Å²) in [5.41, 5.74) is 4.21. The van der Waals surface area contributed by atoms with Crippen LogP contribution in [0.3, 0.4) is 0 Å². The highest BCUT2D eigenvalue weighted by Crippen LogP contribution is 2.46. The van der Waals surface area contributed by atoms with E-state index in [4.69, 9.17) is 30.5 Å². The van der Waals surface area contributed by atoms with Gasteiger partial charge in [-0.3, -0.25) is 4.79 Å².